The number of hydrogen-bond donors (Lipinski definition) is 1. The number of para-hydroxylation sites is 1. The van der Waals surface area contributed by atoms with Crippen molar-refractivity contribution in [3.05, 3.63) is 84.2 Å². The van der Waals surface area contributed by atoms with Crippen molar-refractivity contribution in [3.63, 3.8) is 0 Å². The second-order valence-electron chi connectivity index (χ2n) is 8.56. The highest BCUT2D eigenvalue weighted by Crippen LogP contribution is 2.31. The minimum absolute atomic E-state index is 0.103. The lowest BCUT2D eigenvalue weighted by Crippen LogP contribution is -2.15. The number of anilines is 1. The molecule has 7 nitrogen and oxygen atoms in total. The van der Waals surface area contributed by atoms with Gasteiger partial charge in [0.15, 0.2) is 17.1 Å². The normalized spacial score (nSPS) is 12.0. The Morgan fingerprint density at radius 1 is 1.08 bits per heavy atom. The van der Waals surface area contributed by atoms with Gasteiger partial charge in [-0.05, 0) is 74.9 Å². The van der Waals surface area contributed by atoms with Crippen LogP contribution in [-0.2, 0) is 11.3 Å². The van der Waals surface area contributed by atoms with Gasteiger partial charge in [0.25, 0.3) is 0 Å². The number of thiazole rings is 1. The summed E-state index contributed by atoms with van der Waals surface area (Å²) in [5, 5.41) is 13.3. The number of aromatic nitrogens is 4. The molecule has 0 fully saturated rings. The van der Waals surface area contributed by atoms with Crippen molar-refractivity contribution < 1.29 is 9.53 Å². The summed E-state index contributed by atoms with van der Waals surface area (Å²) in [5.74, 6) is 1.63. The van der Waals surface area contributed by atoms with E-state index in [9.17, 15) is 4.79 Å². The summed E-state index contributed by atoms with van der Waals surface area (Å²) in [5.41, 5.74) is 4.00. The molecule has 2 aromatic heterocycles. The highest BCUT2D eigenvalue weighted by atomic mass is 32.2. The van der Waals surface area contributed by atoms with Gasteiger partial charge in [0.1, 0.15) is 10.8 Å². The number of carbonyl (C=O) groups excluding carboxylic acids is 1. The number of amides is 1. The Balaban J connectivity index is 1.19. The molecule has 0 aliphatic carbocycles. The van der Waals surface area contributed by atoms with E-state index in [0.29, 0.717) is 11.7 Å². The maximum atomic E-state index is 12.6. The van der Waals surface area contributed by atoms with Gasteiger partial charge in [-0.3, -0.25) is 4.79 Å². The third kappa shape index (κ3) is 5.84. The molecule has 0 bridgehead atoms. The van der Waals surface area contributed by atoms with Crippen LogP contribution in [0.25, 0.3) is 20.8 Å². The lowest BCUT2D eigenvalue weighted by atomic mass is 10.2. The quantitative estimate of drug-likeness (QED) is 0.213. The Morgan fingerprint density at radius 3 is 2.62 bits per heavy atom. The first-order valence-corrected chi connectivity index (χ1v) is 13.9. The van der Waals surface area contributed by atoms with Crippen LogP contribution in [0.5, 0.6) is 5.75 Å². The first kappa shape index (κ1) is 25.0. The molecule has 2 heterocycles. The molecule has 1 atom stereocenters. The van der Waals surface area contributed by atoms with E-state index in [0.717, 1.165) is 33.3 Å². The SMILES string of the molecule is CCn1c(SCC(=O)Nc2ccc(-c3nc4ccc(C)cc4s3)cc2)nnc1C(C)Oc1ccccc1. The lowest BCUT2D eigenvalue weighted by molar-refractivity contribution is -0.113. The maximum absolute atomic E-state index is 12.6. The molecule has 0 radical (unpaired) electrons. The minimum atomic E-state index is -0.268. The van der Waals surface area contributed by atoms with Crippen molar-refractivity contribution in [2.45, 2.75) is 38.6 Å². The Hall–Kier alpha value is -3.69. The maximum Gasteiger partial charge on any atom is 0.234 e. The van der Waals surface area contributed by atoms with Crippen LogP contribution in [0.1, 0.15) is 31.3 Å². The largest absolute Gasteiger partial charge is 0.483 e. The summed E-state index contributed by atoms with van der Waals surface area (Å²) in [6.07, 6.45) is -0.268. The van der Waals surface area contributed by atoms with Crippen LogP contribution in [0.4, 0.5) is 5.69 Å². The molecular weight excluding hydrogens is 502 g/mol. The first-order valence-electron chi connectivity index (χ1n) is 12.0. The van der Waals surface area contributed by atoms with Crippen LogP contribution in [0.2, 0.25) is 0 Å². The Kier molecular flexibility index (Phi) is 7.52. The summed E-state index contributed by atoms with van der Waals surface area (Å²) in [7, 11) is 0. The van der Waals surface area contributed by atoms with Crippen LogP contribution in [0.15, 0.2) is 78.0 Å². The van der Waals surface area contributed by atoms with E-state index in [1.54, 1.807) is 11.3 Å². The molecule has 0 saturated heterocycles. The predicted molar refractivity (Wildman–Crippen MR) is 150 cm³/mol. The molecule has 188 valence electrons. The van der Waals surface area contributed by atoms with E-state index < -0.39 is 0 Å². The summed E-state index contributed by atoms with van der Waals surface area (Å²) in [6, 6.07) is 23.7. The van der Waals surface area contributed by atoms with Crippen molar-refractivity contribution >= 4 is 44.9 Å². The van der Waals surface area contributed by atoms with Crippen LogP contribution in [0, 0.1) is 6.92 Å². The number of fused-ring (bicyclic) bond motifs is 1. The number of aryl methyl sites for hydroxylation is 1. The molecule has 37 heavy (non-hydrogen) atoms. The third-order valence-corrected chi connectivity index (χ3v) is 7.81. The fraction of sp³-hybridized carbons (Fsp3) is 0.214. The molecule has 0 aliphatic heterocycles. The zero-order chi connectivity index (χ0) is 25.8. The predicted octanol–water partition coefficient (Wildman–Crippen LogP) is 6.75. The van der Waals surface area contributed by atoms with Gasteiger partial charge in [0.2, 0.25) is 5.91 Å². The van der Waals surface area contributed by atoms with E-state index in [1.165, 1.54) is 22.0 Å². The highest BCUT2D eigenvalue weighted by Gasteiger charge is 2.19. The Bertz CT molecular complexity index is 1510. The zero-order valence-corrected chi connectivity index (χ0v) is 22.5. The molecule has 5 rings (SSSR count). The van der Waals surface area contributed by atoms with Crippen LogP contribution in [-0.4, -0.2) is 31.4 Å². The van der Waals surface area contributed by atoms with Gasteiger partial charge in [0, 0.05) is 17.8 Å². The summed E-state index contributed by atoms with van der Waals surface area (Å²) >= 11 is 3.03. The van der Waals surface area contributed by atoms with Crippen LogP contribution in [0.3, 0.4) is 0 Å². The summed E-state index contributed by atoms with van der Waals surface area (Å²) in [4.78, 5) is 17.4. The fourth-order valence-electron chi connectivity index (χ4n) is 3.94. The van der Waals surface area contributed by atoms with Gasteiger partial charge in [-0.1, -0.05) is 36.0 Å². The zero-order valence-electron chi connectivity index (χ0n) is 20.8. The van der Waals surface area contributed by atoms with Crippen LogP contribution >= 0.6 is 23.1 Å². The van der Waals surface area contributed by atoms with Gasteiger partial charge >= 0.3 is 0 Å². The van der Waals surface area contributed by atoms with Gasteiger partial charge in [-0.25, -0.2) is 4.98 Å². The Morgan fingerprint density at radius 2 is 1.86 bits per heavy atom. The fourth-order valence-corrected chi connectivity index (χ4v) is 5.82. The van der Waals surface area contributed by atoms with E-state index in [4.69, 9.17) is 9.72 Å². The second-order valence-corrected chi connectivity index (χ2v) is 10.5. The molecule has 0 saturated carbocycles. The number of hydrogen-bond acceptors (Lipinski definition) is 7. The average molecular weight is 530 g/mol. The molecule has 3 aromatic carbocycles. The van der Waals surface area contributed by atoms with E-state index in [1.807, 2.05) is 73.0 Å². The molecule has 1 amide bonds. The number of rotatable bonds is 9. The lowest BCUT2D eigenvalue weighted by Gasteiger charge is -2.15. The van der Waals surface area contributed by atoms with Gasteiger partial charge in [-0.2, -0.15) is 0 Å². The van der Waals surface area contributed by atoms with Gasteiger partial charge in [0.05, 0.1) is 16.0 Å². The number of carbonyl (C=O) groups is 1. The average Bonchev–Trinajstić information content (AvgIpc) is 3.52. The third-order valence-electron chi connectivity index (χ3n) is 5.77. The van der Waals surface area contributed by atoms with Crippen molar-refractivity contribution in [3.8, 4) is 16.3 Å². The van der Waals surface area contributed by atoms with Crippen LogP contribution < -0.4 is 10.1 Å². The number of nitrogens with one attached hydrogen (secondary N) is 1. The smallest absolute Gasteiger partial charge is 0.234 e. The second kappa shape index (κ2) is 11.1. The van der Waals surface area contributed by atoms with Crippen molar-refractivity contribution in [2.75, 3.05) is 11.1 Å². The monoisotopic (exact) mass is 529 g/mol. The van der Waals surface area contributed by atoms with Crippen molar-refractivity contribution in [1.82, 2.24) is 19.7 Å². The molecule has 0 spiro atoms. The standard InChI is InChI=1S/C28H27N5O2S2/c1-4-33-26(19(3)35-22-8-6-5-7-9-22)31-32-28(33)36-17-25(34)29-21-13-11-20(12-14-21)27-30-23-15-10-18(2)16-24(23)37-27/h5-16,19H,4,17H2,1-3H3,(H,29,34). The van der Waals surface area contributed by atoms with Crippen molar-refractivity contribution in [1.29, 1.82) is 0 Å². The molecule has 9 heteroatoms. The van der Waals surface area contributed by atoms with E-state index in [-0.39, 0.29) is 17.8 Å². The molecule has 0 aliphatic rings. The molecule has 1 N–H and O–H groups in total. The van der Waals surface area contributed by atoms with E-state index >= 15 is 0 Å². The summed E-state index contributed by atoms with van der Waals surface area (Å²) in [6.45, 7) is 6.74. The number of thioether (sulfide) groups is 1. The number of ether oxygens (including phenoxy) is 1. The molecule has 1 unspecified atom stereocenters. The molecular formula is C28H27N5O2S2. The first-order chi connectivity index (χ1) is 18.0. The van der Waals surface area contributed by atoms with E-state index in [2.05, 4.69) is 40.6 Å². The Labute approximate surface area is 223 Å². The topological polar surface area (TPSA) is 81.9 Å². The molecule has 5 aromatic rings. The minimum Gasteiger partial charge on any atom is -0.483 e. The summed E-state index contributed by atoms with van der Waals surface area (Å²) < 4.78 is 9.17. The number of benzene rings is 3. The van der Waals surface area contributed by atoms with Gasteiger partial charge < -0.3 is 14.6 Å². The number of nitrogens with zero attached hydrogens (tertiary/aromatic N) is 4. The van der Waals surface area contributed by atoms with Gasteiger partial charge in [-0.15, -0.1) is 21.5 Å². The van der Waals surface area contributed by atoms with Crippen molar-refractivity contribution in [2.24, 2.45) is 0 Å². The highest BCUT2D eigenvalue weighted by molar-refractivity contribution is 7.99.